The van der Waals surface area contributed by atoms with Gasteiger partial charge in [-0.15, -0.1) is 11.8 Å². The van der Waals surface area contributed by atoms with Gasteiger partial charge < -0.3 is 9.84 Å². The van der Waals surface area contributed by atoms with Gasteiger partial charge in [0.25, 0.3) is 0 Å². The van der Waals surface area contributed by atoms with Crippen molar-refractivity contribution in [3.05, 3.63) is 29.6 Å². The normalized spacial score (nSPS) is 14.2. The summed E-state index contributed by atoms with van der Waals surface area (Å²) in [6.07, 6.45) is 1.68. The number of hydrogen-bond donors (Lipinski definition) is 1. The van der Waals surface area contributed by atoms with Crippen LogP contribution in [0.15, 0.2) is 18.2 Å². The molecule has 0 heterocycles. The lowest BCUT2D eigenvalue weighted by molar-refractivity contribution is -0.139. The molecule has 88 valence electrons. The summed E-state index contributed by atoms with van der Waals surface area (Å²) in [4.78, 5) is 11.1. The molecule has 0 spiro atoms. The molecule has 1 aromatic rings. The second-order valence-corrected chi connectivity index (χ2v) is 4.62. The second-order valence-electron chi connectivity index (χ2n) is 3.39. The number of carboxylic acids is 1. The third-order valence-corrected chi connectivity index (χ3v) is 3.75. The van der Waals surface area contributed by atoms with Gasteiger partial charge in [0, 0.05) is 0 Å². The Labute approximate surface area is 97.6 Å². The van der Waals surface area contributed by atoms with Crippen molar-refractivity contribution in [2.24, 2.45) is 0 Å². The van der Waals surface area contributed by atoms with Gasteiger partial charge in [-0.25, -0.2) is 4.39 Å². The average Bonchev–Trinajstić information content (AvgIpc) is 2.27. The Morgan fingerprint density at radius 2 is 2.19 bits per heavy atom. The van der Waals surface area contributed by atoms with E-state index in [0.29, 0.717) is 5.56 Å². The number of methoxy groups -OCH3 is 1. The van der Waals surface area contributed by atoms with Gasteiger partial charge in [0.15, 0.2) is 11.6 Å². The SMILES string of the molecule is COc1ccc(C(C)(SC)C(=O)O)cc1F. The van der Waals surface area contributed by atoms with Crippen molar-refractivity contribution < 1.29 is 19.0 Å². The molecular weight excluding hydrogens is 231 g/mol. The van der Waals surface area contributed by atoms with E-state index in [-0.39, 0.29) is 5.75 Å². The first kappa shape index (κ1) is 12.8. The van der Waals surface area contributed by atoms with Crippen molar-refractivity contribution in [3.8, 4) is 5.75 Å². The van der Waals surface area contributed by atoms with E-state index in [1.807, 2.05) is 0 Å². The van der Waals surface area contributed by atoms with Crippen LogP contribution in [0, 0.1) is 5.82 Å². The predicted molar refractivity (Wildman–Crippen MR) is 61.5 cm³/mol. The fourth-order valence-electron chi connectivity index (χ4n) is 1.29. The second kappa shape index (κ2) is 4.74. The zero-order valence-electron chi connectivity index (χ0n) is 9.28. The van der Waals surface area contributed by atoms with Crippen LogP contribution in [0.2, 0.25) is 0 Å². The minimum Gasteiger partial charge on any atom is -0.494 e. The maximum absolute atomic E-state index is 13.5. The highest BCUT2D eigenvalue weighted by Gasteiger charge is 2.34. The van der Waals surface area contributed by atoms with E-state index in [0.717, 1.165) is 11.8 Å². The summed E-state index contributed by atoms with van der Waals surface area (Å²) in [6, 6.07) is 4.19. The molecule has 0 aliphatic carbocycles. The van der Waals surface area contributed by atoms with Gasteiger partial charge in [-0.1, -0.05) is 6.07 Å². The Balaban J connectivity index is 3.23. The molecule has 1 unspecified atom stereocenters. The van der Waals surface area contributed by atoms with Gasteiger partial charge >= 0.3 is 5.97 Å². The number of ether oxygens (including phenoxy) is 1. The Kier molecular flexibility index (Phi) is 3.80. The van der Waals surface area contributed by atoms with Crippen LogP contribution in [0.3, 0.4) is 0 Å². The molecule has 0 aromatic heterocycles. The molecule has 0 radical (unpaired) electrons. The molecule has 1 N–H and O–H groups in total. The number of halogens is 1. The van der Waals surface area contributed by atoms with Gasteiger partial charge in [0.2, 0.25) is 0 Å². The van der Waals surface area contributed by atoms with Crippen molar-refractivity contribution in [2.75, 3.05) is 13.4 Å². The number of thioether (sulfide) groups is 1. The van der Waals surface area contributed by atoms with Crippen LogP contribution in [0.1, 0.15) is 12.5 Å². The minimum absolute atomic E-state index is 0.109. The van der Waals surface area contributed by atoms with Crippen molar-refractivity contribution in [2.45, 2.75) is 11.7 Å². The summed E-state index contributed by atoms with van der Waals surface area (Å²) in [5.41, 5.74) is 0.408. The van der Waals surface area contributed by atoms with E-state index in [4.69, 9.17) is 9.84 Å². The molecule has 1 aromatic carbocycles. The molecule has 16 heavy (non-hydrogen) atoms. The standard InChI is InChI=1S/C11H13FO3S/c1-11(16-3,10(13)14)7-4-5-9(15-2)8(12)6-7/h4-6H,1-3H3,(H,13,14). The lowest BCUT2D eigenvalue weighted by Gasteiger charge is -2.23. The third kappa shape index (κ3) is 2.14. The molecule has 0 amide bonds. The zero-order chi connectivity index (χ0) is 12.3. The molecule has 0 aliphatic heterocycles. The lowest BCUT2D eigenvalue weighted by atomic mass is 10.00. The summed E-state index contributed by atoms with van der Waals surface area (Å²) in [7, 11) is 1.36. The van der Waals surface area contributed by atoms with Gasteiger partial charge in [0.05, 0.1) is 7.11 Å². The summed E-state index contributed by atoms with van der Waals surface area (Å²) in [5.74, 6) is -1.44. The van der Waals surface area contributed by atoms with Gasteiger partial charge in [-0.05, 0) is 30.9 Å². The van der Waals surface area contributed by atoms with Crippen LogP contribution in [-0.4, -0.2) is 24.4 Å². The number of benzene rings is 1. The average molecular weight is 244 g/mol. The predicted octanol–water partition coefficient (Wildman–Crippen LogP) is 2.50. The van der Waals surface area contributed by atoms with E-state index in [2.05, 4.69) is 0 Å². The van der Waals surface area contributed by atoms with Gasteiger partial charge in [-0.3, -0.25) is 4.79 Å². The van der Waals surface area contributed by atoms with Crippen molar-refractivity contribution >= 4 is 17.7 Å². The van der Waals surface area contributed by atoms with Crippen LogP contribution >= 0.6 is 11.8 Å². The highest BCUT2D eigenvalue weighted by molar-refractivity contribution is 8.00. The minimum atomic E-state index is -1.15. The van der Waals surface area contributed by atoms with Crippen molar-refractivity contribution in [1.82, 2.24) is 0 Å². The molecule has 0 fully saturated rings. The Bertz CT molecular complexity index is 408. The van der Waals surface area contributed by atoms with E-state index >= 15 is 0 Å². The number of carboxylic acid groups (broad SMARTS) is 1. The molecule has 5 heteroatoms. The van der Waals surface area contributed by atoms with Crippen LogP contribution in [-0.2, 0) is 9.54 Å². The van der Waals surface area contributed by atoms with E-state index < -0.39 is 16.5 Å². The lowest BCUT2D eigenvalue weighted by Crippen LogP contribution is -2.28. The maximum atomic E-state index is 13.5. The summed E-state index contributed by atoms with van der Waals surface area (Å²) in [5, 5.41) is 9.13. The van der Waals surface area contributed by atoms with E-state index in [1.165, 1.54) is 19.2 Å². The number of aliphatic carboxylic acids is 1. The third-order valence-electron chi connectivity index (χ3n) is 2.52. The quantitative estimate of drug-likeness (QED) is 0.884. The van der Waals surface area contributed by atoms with Crippen LogP contribution in [0.5, 0.6) is 5.75 Å². The van der Waals surface area contributed by atoms with E-state index in [9.17, 15) is 9.18 Å². The Hall–Kier alpha value is -1.23. The fraction of sp³-hybridized carbons (Fsp3) is 0.364. The monoisotopic (exact) mass is 244 g/mol. The van der Waals surface area contributed by atoms with Crippen molar-refractivity contribution in [1.29, 1.82) is 0 Å². The van der Waals surface area contributed by atoms with Crippen LogP contribution < -0.4 is 4.74 Å². The highest BCUT2D eigenvalue weighted by Crippen LogP contribution is 2.36. The Morgan fingerprint density at radius 1 is 1.56 bits per heavy atom. The largest absolute Gasteiger partial charge is 0.494 e. The molecule has 1 rings (SSSR count). The molecule has 3 nitrogen and oxygen atoms in total. The van der Waals surface area contributed by atoms with Crippen molar-refractivity contribution in [3.63, 3.8) is 0 Å². The summed E-state index contributed by atoms with van der Waals surface area (Å²) < 4.78 is 17.1. The van der Waals surface area contributed by atoms with Crippen LogP contribution in [0.4, 0.5) is 4.39 Å². The van der Waals surface area contributed by atoms with E-state index in [1.54, 1.807) is 19.2 Å². The highest BCUT2D eigenvalue weighted by atomic mass is 32.2. The molecule has 1 atom stereocenters. The smallest absolute Gasteiger partial charge is 0.324 e. The Morgan fingerprint density at radius 3 is 2.56 bits per heavy atom. The molecule has 0 saturated heterocycles. The maximum Gasteiger partial charge on any atom is 0.324 e. The number of carbonyl (C=O) groups is 1. The van der Waals surface area contributed by atoms with Gasteiger partial charge in [-0.2, -0.15) is 0 Å². The number of rotatable bonds is 4. The summed E-state index contributed by atoms with van der Waals surface area (Å²) >= 11 is 1.15. The molecule has 0 aliphatic rings. The first-order valence-corrected chi connectivity index (χ1v) is 5.80. The summed E-state index contributed by atoms with van der Waals surface area (Å²) in [6.45, 7) is 1.54. The fourth-order valence-corrected chi connectivity index (χ4v) is 1.83. The molecule has 0 saturated carbocycles. The molecular formula is C11H13FO3S. The zero-order valence-corrected chi connectivity index (χ0v) is 10.1. The van der Waals surface area contributed by atoms with Crippen LogP contribution in [0.25, 0.3) is 0 Å². The first-order valence-electron chi connectivity index (χ1n) is 4.58. The topological polar surface area (TPSA) is 46.5 Å². The first-order chi connectivity index (χ1) is 7.45. The molecule has 0 bridgehead atoms. The number of hydrogen-bond acceptors (Lipinski definition) is 3. The van der Waals surface area contributed by atoms with Gasteiger partial charge in [0.1, 0.15) is 4.75 Å².